The molecule has 1 fully saturated rings. The maximum absolute atomic E-state index is 2.42. The maximum atomic E-state index is 2.42. The van der Waals surface area contributed by atoms with E-state index in [4.69, 9.17) is 0 Å². The number of hydrogen-bond acceptors (Lipinski definition) is 0. The molecular weight excluding hydrogens is 216 g/mol. The monoisotopic (exact) mass is 236 g/mol. The third-order valence-corrected chi connectivity index (χ3v) is 5.07. The van der Waals surface area contributed by atoms with Crippen molar-refractivity contribution < 1.29 is 0 Å². The van der Waals surface area contributed by atoms with Crippen LogP contribution in [0.15, 0.2) is 36.4 Å². The smallest absolute Gasteiger partial charge is 0.00870 e. The highest BCUT2D eigenvalue weighted by molar-refractivity contribution is 5.69. The number of hydrogen-bond donors (Lipinski definition) is 0. The summed E-state index contributed by atoms with van der Waals surface area (Å²) in [4.78, 5) is 0. The fourth-order valence-electron chi connectivity index (χ4n) is 4.31. The van der Waals surface area contributed by atoms with Crippen LogP contribution in [0, 0.1) is 11.8 Å². The maximum Gasteiger partial charge on any atom is -0.00870 e. The molecule has 0 spiro atoms. The van der Waals surface area contributed by atoms with Crippen molar-refractivity contribution >= 4 is 11.1 Å². The Balaban J connectivity index is 2.09. The van der Waals surface area contributed by atoms with Crippen LogP contribution in [-0.2, 0) is 0 Å². The molecule has 0 bridgehead atoms. The molecule has 3 aliphatic carbocycles. The standard InChI is InChI=1S/C18H20/c1-2-8-14-13(7-1)15-9-3-4-11-17(15)18-12-6-5-10-16(14)18/h1-3,7-9,17-18H,4-6,10-12H2. The Hall–Kier alpha value is -1.30. The van der Waals surface area contributed by atoms with Crippen molar-refractivity contribution in [1.82, 2.24) is 0 Å². The van der Waals surface area contributed by atoms with Gasteiger partial charge in [0, 0.05) is 0 Å². The molecule has 4 rings (SSSR count). The van der Waals surface area contributed by atoms with Crippen molar-refractivity contribution in [3.05, 3.63) is 46.9 Å². The normalized spacial score (nSPS) is 29.6. The van der Waals surface area contributed by atoms with E-state index in [1.807, 2.05) is 0 Å². The highest BCUT2D eigenvalue weighted by atomic mass is 14.4. The molecule has 1 saturated carbocycles. The van der Waals surface area contributed by atoms with Gasteiger partial charge in [-0.1, -0.05) is 48.4 Å². The molecular formula is C18H20. The fourth-order valence-corrected chi connectivity index (χ4v) is 4.31. The van der Waals surface area contributed by atoms with Gasteiger partial charge in [-0.05, 0) is 60.0 Å². The van der Waals surface area contributed by atoms with Crippen molar-refractivity contribution in [3.8, 4) is 0 Å². The van der Waals surface area contributed by atoms with E-state index in [0.717, 1.165) is 11.8 Å². The van der Waals surface area contributed by atoms with Crippen molar-refractivity contribution in [3.63, 3.8) is 0 Å². The van der Waals surface area contributed by atoms with Crippen LogP contribution in [0.4, 0.5) is 0 Å². The molecule has 0 heterocycles. The van der Waals surface area contributed by atoms with E-state index in [2.05, 4.69) is 36.4 Å². The SMILES string of the molecule is C1=CC2=c3ccccc3=C3CCCCC3C2CC1. The van der Waals surface area contributed by atoms with E-state index >= 15 is 0 Å². The lowest BCUT2D eigenvalue weighted by molar-refractivity contribution is 0.387. The van der Waals surface area contributed by atoms with Crippen molar-refractivity contribution in [2.24, 2.45) is 11.8 Å². The van der Waals surface area contributed by atoms with Gasteiger partial charge in [0.1, 0.15) is 0 Å². The second-order valence-electron chi connectivity index (χ2n) is 5.96. The van der Waals surface area contributed by atoms with Crippen LogP contribution in [0.1, 0.15) is 38.5 Å². The Morgan fingerprint density at radius 2 is 1.78 bits per heavy atom. The minimum atomic E-state index is 0.820. The molecule has 0 heteroatoms. The third-order valence-electron chi connectivity index (χ3n) is 5.07. The summed E-state index contributed by atoms with van der Waals surface area (Å²) in [6, 6.07) is 9.11. The predicted molar refractivity (Wildman–Crippen MR) is 76.3 cm³/mol. The van der Waals surface area contributed by atoms with Gasteiger partial charge in [-0.3, -0.25) is 0 Å². The number of allylic oxidation sites excluding steroid dienone is 2. The van der Waals surface area contributed by atoms with Gasteiger partial charge >= 0.3 is 0 Å². The third kappa shape index (κ3) is 1.44. The molecule has 0 saturated heterocycles. The zero-order valence-electron chi connectivity index (χ0n) is 10.9. The summed E-state index contributed by atoms with van der Waals surface area (Å²) < 4.78 is 0. The summed E-state index contributed by atoms with van der Waals surface area (Å²) in [6.45, 7) is 0. The van der Waals surface area contributed by atoms with Crippen LogP contribution in [0.3, 0.4) is 0 Å². The Morgan fingerprint density at radius 1 is 0.889 bits per heavy atom. The molecule has 0 radical (unpaired) electrons. The quantitative estimate of drug-likeness (QED) is 0.649. The van der Waals surface area contributed by atoms with Gasteiger partial charge in [-0.2, -0.15) is 0 Å². The summed E-state index contributed by atoms with van der Waals surface area (Å²) in [5, 5.41) is 3.10. The van der Waals surface area contributed by atoms with Gasteiger partial charge in [0.15, 0.2) is 0 Å². The molecule has 1 aromatic carbocycles. The van der Waals surface area contributed by atoms with Crippen LogP contribution in [0.25, 0.3) is 11.1 Å². The number of rotatable bonds is 0. The molecule has 0 aromatic heterocycles. The average Bonchev–Trinajstić information content (AvgIpc) is 2.48. The molecule has 0 amide bonds. The van der Waals surface area contributed by atoms with Gasteiger partial charge in [-0.25, -0.2) is 0 Å². The van der Waals surface area contributed by atoms with Gasteiger partial charge in [0.05, 0.1) is 0 Å². The Kier molecular flexibility index (Phi) is 2.43. The zero-order chi connectivity index (χ0) is 11.9. The first-order valence-electron chi connectivity index (χ1n) is 7.44. The van der Waals surface area contributed by atoms with Crippen LogP contribution < -0.4 is 10.4 Å². The minimum Gasteiger partial charge on any atom is -0.0842 e. The lowest BCUT2D eigenvalue weighted by atomic mass is 9.67. The Labute approximate surface area is 109 Å². The number of benzene rings is 1. The molecule has 18 heavy (non-hydrogen) atoms. The van der Waals surface area contributed by atoms with Gasteiger partial charge in [0.25, 0.3) is 0 Å². The minimum absolute atomic E-state index is 0.820. The van der Waals surface area contributed by atoms with Gasteiger partial charge in [0.2, 0.25) is 0 Å². The summed E-state index contributed by atoms with van der Waals surface area (Å²) in [5.41, 5.74) is 3.41. The lowest BCUT2D eigenvalue weighted by Crippen LogP contribution is -2.41. The molecule has 0 N–H and O–H groups in total. The molecule has 0 aliphatic heterocycles. The Bertz CT molecular complexity index is 618. The van der Waals surface area contributed by atoms with Crippen molar-refractivity contribution in [2.45, 2.75) is 38.5 Å². The fraction of sp³-hybridized carbons (Fsp3) is 0.444. The first-order chi connectivity index (χ1) is 8.95. The lowest BCUT2D eigenvalue weighted by Gasteiger charge is -2.38. The topological polar surface area (TPSA) is 0 Å². The highest BCUT2D eigenvalue weighted by Crippen LogP contribution is 2.43. The van der Waals surface area contributed by atoms with Crippen LogP contribution in [0.5, 0.6) is 0 Å². The summed E-state index contributed by atoms with van der Waals surface area (Å²) >= 11 is 0. The van der Waals surface area contributed by atoms with Crippen LogP contribution >= 0.6 is 0 Å². The first-order valence-corrected chi connectivity index (χ1v) is 7.44. The molecule has 2 atom stereocenters. The second-order valence-corrected chi connectivity index (χ2v) is 5.96. The molecule has 92 valence electrons. The van der Waals surface area contributed by atoms with E-state index in [1.165, 1.54) is 43.7 Å². The van der Waals surface area contributed by atoms with E-state index < -0.39 is 0 Å². The van der Waals surface area contributed by atoms with E-state index in [-0.39, 0.29) is 0 Å². The summed E-state index contributed by atoms with van der Waals surface area (Å²) in [7, 11) is 0. The van der Waals surface area contributed by atoms with Crippen LogP contribution in [0.2, 0.25) is 0 Å². The summed E-state index contributed by atoms with van der Waals surface area (Å²) in [6.07, 6.45) is 13.0. The second kappa shape index (κ2) is 4.12. The van der Waals surface area contributed by atoms with Crippen LogP contribution in [-0.4, -0.2) is 0 Å². The van der Waals surface area contributed by atoms with E-state index in [0.29, 0.717) is 0 Å². The Morgan fingerprint density at radius 3 is 2.72 bits per heavy atom. The van der Waals surface area contributed by atoms with Gasteiger partial charge < -0.3 is 0 Å². The largest absolute Gasteiger partial charge is 0.0842 e. The van der Waals surface area contributed by atoms with E-state index in [9.17, 15) is 0 Å². The molecule has 0 nitrogen and oxygen atoms in total. The van der Waals surface area contributed by atoms with E-state index in [1.54, 1.807) is 16.4 Å². The molecule has 2 unspecified atom stereocenters. The van der Waals surface area contributed by atoms with Gasteiger partial charge in [-0.15, -0.1) is 0 Å². The first kappa shape index (κ1) is 10.6. The predicted octanol–water partition coefficient (Wildman–Crippen LogP) is 3.16. The number of fused-ring (bicyclic) bond motifs is 4. The average molecular weight is 236 g/mol. The summed E-state index contributed by atoms with van der Waals surface area (Å²) in [5.74, 6) is 1.67. The van der Waals surface area contributed by atoms with Crippen molar-refractivity contribution in [1.29, 1.82) is 0 Å². The molecule has 1 aromatic rings. The van der Waals surface area contributed by atoms with Crippen molar-refractivity contribution in [2.75, 3.05) is 0 Å². The highest BCUT2D eigenvalue weighted by Gasteiger charge is 2.33. The molecule has 3 aliphatic rings. The zero-order valence-corrected chi connectivity index (χ0v) is 10.9.